The van der Waals surface area contributed by atoms with Gasteiger partial charge in [-0.1, -0.05) is 31.2 Å². The molecule has 0 aromatic heterocycles. The molecule has 1 aliphatic rings. The largest absolute Gasteiger partial charge is 0.493 e. The summed E-state index contributed by atoms with van der Waals surface area (Å²) in [6.07, 6.45) is 0.274. The molecule has 0 atom stereocenters. The highest BCUT2D eigenvalue weighted by atomic mass is 16.5. The molecule has 0 saturated carbocycles. The minimum atomic E-state index is -0.0606. The first-order valence-electron chi connectivity index (χ1n) is 9.83. The second kappa shape index (κ2) is 9.99. The first kappa shape index (κ1) is 20.0. The molecule has 0 radical (unpaired) electrons. The highest BCUT2D eigenvalue weighted by molar-refractivity contribution is 5.94. The van der Waals surface area contributed by atoms with Crippen LogP contribution in [-0.2, 0) is 4.79 Å². The fraction of sp³-hybridized carbons (Fsp3) is 0.409. The molecule has 1 fully saturated rings. The number of rotatable bonds is 8. The molecular formula is C22H29N3O3. The molecule has 3 rings (SSSR count). The van der Waals surface area contributed by atoms with Crippen molar-refractivity contribution >= 4 is 17.3 Å². The molecule has 1 amide bonds. The van der Waals surface area contributed by atoms with Gasteiger partial charge >= 0.3 is 0 Å². The number of nitrogens with zero attached hydrogens (tertiary/aromatic N) is 2. The van der Waals surface area contributed by atoms with E-state index in [1.165, 1.54) is 0 Å². The number of piperazine rings is 1. The van der Waals surface area contributed by atoms with Crippen molar-refractivity contribution in [3.05, 3.63) is 48.5 Å². The molecule has 1 saturated heterocycles. The van der Waals surface area contributed by atoms with E-state index in [-0.39, 0.29) is 12.3 Å². The maximum atomic E-state index is 12.4. The zero-order chi connectivity index (χ0) is 19.8. The van der Waals surface area contributed by atoms with E-state index in [4.69, 9.17) is 9.47 Å². The summed E-state index contributed by atoms with van der Waals surface area (Å²) in [6, 6.07) is 15.4. The Labute approximate surface area is 167 Å². The maximum absolute atomic E-state index is 12.4. The first-order valence-corrected chi connectivity index (χ1v) is 9.83. The van der Waals surface area contributed by atoms with E-state index >= 15 is 0 Å². The second-order valence-electron chi connectivity index (χ2n) is 6.74. The van der Waals surface area contributed by atoms with Crippen LogP contribution in [0.15, 0.2) is 48.5 Å². The molecule has 2 aromatic carbocycles. The van der Waals surface area contributed by atoms with E-state index in [2.05, 4.69) is 28.1 Å². The Bertz CT molecular complexity index is 773. The van der Waals surface area contributed by atoms with Crippen molar-refractivity contribution in [2.45, 2.75) is 13.3 Å². The lowest BCUT2D eigenvalue weighted by Gasteiger charge is -2.36. The van der Waals surface area contributed by atoms with Gasteiger partial charge < -0.3 is 24.6 Å². The number of hydrogen-bond donors (Lipinski definition) is 1. The van der Waals surface area contributed by atoms with Crippen LogP contribution in [0, 0.1) is 0 Å². The van der Waals surface area contributed by atoms with Gasteiger partial charge in [0.25, 0.3) is 0 Å². The summed E-state index contributed by atoms with van der Waals surface area (Å²) in [6.45, 7) is 7.60. The Kier molecular flexibility index (Phi) is 7.14. The zero-order valence-corrected chi connectivity index (χ0v) is 16.7. The van der Waals surface area contributed by atoms with Crippen molar-refractivity contribution in [3.8, 4) is 11.5 Å². The first-order chi connectivity index (χ1) is 13.7. The van der Waals surface area contributed by atoms with E-state index in [0.717, 1.165) is 44.1 Å². The summed E-state index contributed by atoms with van der Waals surface area (Å²) >= 11 is 0. The normalized spacial score (nSPS) is 14.6. The van der Waals surface area contributed by atoms with Crippen LogP contribution in [0.3, 0.4) is 0 Å². The number of methoxy groups -OCH3 is 1. The van der Waals surface area contributed by atoms with Gasteiger partial charge in [-0.2, -0.15) is 0 Å². The van der Waals surface area contributed by atoms with Crippen LogP contribution in [-0.4, -0.2) is 57.2 Å². The number of amides is 1. The van der Waals surface area contributed by atoms with Crippen LogP contribution in [0.2, 0.25) is 0 Å². The summed E-state index contributed by atoms with van der Waals surface area (Å²) in [5.41, 5.74) is 1.94. The smallest absolute Gasteiger partial charge is 0.227 e. The molecule has 0 spiro atoms. The van der Waals surface area contributed by atoms with Crippen molar-refractivity contribution < 1.29 is 14.3 Å². The minimum Gasteiger partial charge on any atom is -0.493 e. The Hall–Kier alpha value is -2.73. The number of para-hydroxylation sites is 4. The van der Waals surface area contributed by atoms with Crippen molar-refractivity contribution in [3.63, 3.8) is 0 Å². The molecule has 0 unspecified atom stereocenters. The van der Waals surface area contributed by atoms with E-state index in [0.29, 0.717) is 18.1 Å². The lowest BCUT2D eigenvalue weighted by Crippen LogP contribution is -2.46. The molecule has 0 aliphatic carbocycles. The maximum Gasteiger partial charge on any atom is 0.227 e. The average Bonchev–Trinajstić information content (AvgIpc) is 2.74. The molecule has 28 heavy (non-hydrogen) atoms. The van der Waals surface area contributed by atoms with Gasteiger partial charge in [-0.3, -0.25) is 4.79 Å². The molecule has 6 heteroatoms. The van der Waals surface area contributed by atoms with E-state index in [1.807, 2.05) is 42.5 Å². The molecule has 2 aromatic rings. The minimum absolute atomic E-state index is 0.0606. The van der Waals surface area contributed by atoms with Crippen LogP contribution >= 0.6 is 0 Å². The van der Waals surface area contributed by atoms with Crippen LogP contribution in [0.4, 0.5) is 11.4 Å². The predicted octanol–water partition coefficient (Wildman–Crippen LogP) is 3.24. The molecule has 150 valence electrons. The van der Waals surface area contributed by atoms with Gasteiger partial charge in [0.2, 0.25) is 5.91 Å². The van der Waals surface area contributed by atoms with Gasteiger partial charge in [0.15, 0.2) is 11.5 Å². The van der Waals surface area contributed by atoms with Gasteiger partial charge in [0.05, 0.1) is 31.5 Å². The molecule has 1 heterocycles. The quantitative estimate of drug-likeness (QED) is 0.758. The number of anilines is 2. The number of carbonyl (C=O) groups excluding carboxylic acids is 1. The third-order valence-electron chi connectivity index (χ3n) is 4.99. The summed E-state index contributed by atoms with van der Waals surface area (Å²) < 4.78 is 11.0. The Balaban J connectivity index is 1.54. The van der Waals surface area contributed by atoms with E-state index < -0.39 is 0 Å². The van der Waals surface area contributed by atoms with Gasteiger partial charge in [-0.15, -0.1) is 0 Å². The van der Waals surface area contributed by atoms with Crippen molar-refractivity contribution in [1.82, 2.24) is 4.90 Å². The van der Waals surface area contributed by atoms with Crippen molar-refractivity contribution in [2.24, 2.45) is 0 Å². The number of carbonyl (C=O) groups is 1. The Morgan fingerprint density at radius 3 is 2.39 bits per heavy atom. The lowest BCUT2D eigenvalue weighted by atomic mass is 10.2. The topological polar surface area (TPSA) is 54.0 Å². The number of likely N-dealkylation sites (N-methyl/N-ethyl adjacent to an activating group) is 1. The number of ether oxygens (including phenoxy) is 2. The summed E-state index contributed by atoms with van der Waals surface area (Å²) in [5, 5.41) is 3.04. The summed E-state index contributed by atoms with van der Waals surface area (Å²) in [4.78, 5) is 17.2. The number of hydrogen-bond acceptors (Lipinski definition) is 5. The van der Waals surface area contributed by atoms with Crippen LogP contribution in [0.5, 0.6) is 11.5 Å². The standard InChI is InChI=1S/C22H29N3O3/c1-3-24-13-15-25(16-14-24)19-9-5-4-8-18(19)23-22(26)12-17-28-21-11-7-6-10-20(21)27-2/h4-11H,3,12-17H2,1-2H3,(H,23,26). The Morgan fingerprint density at radius 2 is 1.68 bits per heavy atom. The van der Waals surface area contributed by atoms with Gasteiger partial charge in [-0.05, 0) is 30.8 Å². The van der Waals surface area contributed by atoms with E-state index in [1.54, 1.807) is 7.11 Å². The van der Waals surface area contributed by atoms with Crippen LogP contribution in [0.25, 0.3) is 0 Å². The van der Waals surface area contributed by atoms with E-state index in [9.17, 15) is 4.79 Å². The highest BCUT2D eigenvalue weighted by Crippen LogP contribution is 2.27. The van der Waals surface area contributed by atoms with Crippen molar-refractivity contribution in [2.75, 3.05) is 56.7 Å². The summed E-state index contributed by atoms with van der Waals surface area (Å²) in [5.74, 6) is 1.25. The van der Waals surface area contributed by atoms with Gasteiger partial charge in [0, 0.05) is 26.2 Å². The Morgan fingerprint density at radius 1 is 1.00 bits per heavy atom. The molecule has 6 nitrogen and oxygen atoms in total. The zero-order valence-electron chi connectivity index (χ0n) is 16.7. The number of benzene rings is 2. The van der Waals surface area contributed by atoms with Crippen molar-refractivity contribution in [1.29, 1.82) is 0 Å². The molecule has 1 aliphatic heterocycles. The third kappa shape index (κ3) is 5.16. The number of nitrogens with one attached hydrogen (secondary N) is 1. The predicted molar refractivity (Wildman–Crippen MR) is 113 cm³/mol. The van der Waals surface area contributed by atoms with Gasteiger partial charge in [0.1, 0.15) is 0 Å². The van der Waals surface area contributed by atoms with Gasteiger partial charge in [-0.25, -0.2) is 0 Å². The van der Waals surface area contributed by atoms with Crippen LogP contribution in [0.1, 0.15) is 13.3 Å². The van der Waals surface area contributed by atoms with Crippen LogP contribution < -0.4 is 19.7 Å². The third-order valence-corrected chi connectivity index (χ3v) is 4.99. The second-order valence-corrected chi connectivity index (χ2v) is 6.74. The summed E-state index contributed by atoms with van der Waals surface area (Å²) in [7, 11) is 1.60. The SMILES string of the molecule is CCN1CCN(c2ccccc2NC(=O)CCOc2ccccc2OC)CC1. The highest BCUT2D eigenvalue weighted by Gasteiger charge is 2.18. The monoisotopic (exact) mass is 383 g/mol. The fourth-order valence-electron chi connectivity index (χ4n) is 3.36. The molecular weight excluding hydrogens is 354 g/mol. The average molecular weight is 383 g/mol. The molecule has 0 bridgehead atoms. The molecule has 1 N–H and O–H groups in total. The lowest BCUT2D eigenvalue weighted by molar-refractivity contribution is -0.116. The fourth-order valence-corrected chi connectivity index (χ4v) is 3.36.